The number of allylic oxidation sites excluding steroid dienone is 2. The summed E-state index contributed by atoms with van der Waals surface area (Å²) in [6.07, 6.45) is 9.07. The number of rotatable bonds is 5. The van der Waals surface area contributed by atoms with Crippen molar-refractivity contribution in [3.8, 4) is 10.6 Å². The summed E-state index contributed by atoms with van der Waals surface area (Å²) in [5.74, 6) is -2.58. The first-order valence-electron chi connectivity index (χ1n) is 19.3. The second-order valence-electron chi connectivity index (χ2n) is 16.0. The number of carbonyl (C=O) groups is 2. The van der Waals surface area contributed by atoms with Gasteiger partial charge in [0.15, 0.2) is 23.3 Å². The van der Waals surface area contributed by atoms with Gasteiger partial charge in [-0.15, -0.1) is 11.3 Å². The number of fused-ring (bicyclic) bond motifs is 2. The van der Waals surface area contributed by atoms with Crippen molar-refractivity contribution in [1.29, 1.82) is 0 Å². The number of thiophene rings is 1. The van der Waals surface area contributed by atoms with E-state index in [2.05, 4.69) is 25.9 Å². The first-order valence-corrected chi connectivity index (χ1v) is 20.2. The van der Waals surface area contributed by atoms with Gasteiger partial charge in [0, 0.05) is 31.2 Å². The predicted octanol–water partition coefficient (Wildman–Crippen LogP) is 7.11. The molecule has 6 heterocycles. The molecule has 2 bridgehead atoms. The summed E-state index contributed by atoms with van der Waals surface area (Å²) < 4.78 is 37.7. The van der Waals surface area contributed by atoms with Crippen LogP contribution in [0.4, 0.5) is 0 Å². The van der Waals surface area contributed by atoms with Crippen molar-refractivity contribution in [1.82, 2.24) is 5.16 Å². The molecule has 2 aromatic rings. The van der Waals surface area contributed by atoms with Crippen molar-refractivity contribution < 1.29 is 48.0 Å². The Kier molecular flexibility index (Phi) is 11.2. The second-order valence-corrected chi connectivity index (χ2v) is 17.0. The lowest BCUT2D eigenvalue weighted by Gasteiger charge is -2.51. The van der Waals surface area contributed by atoms with E-state index in [4.69, 9.17) is 28.2 Å². The molecule has 2 aromatic heterocycles. The fourth-order valence-electron chi connectivity index (χ4n) is 8.77. The molecule has 12 atom stereocenters. The summed E-state index contributed by atoms with van der Waals surface area (Å²) in [5.41, 5.74) is -0.153. The average Bonchev–Trinajstić information content (AvgIpc) is 3.93. The summed E-state index contributed by atoms with van der Waals surface area (Å²) in [5, 5.41) is 29.8. The molecule has 1 aliphatic carbocycles. The van der Waals surface area contributed by atoms with Gasteiger partial charge in [0.2, 0.25) is 0 Å². The van der Waals surface area contributed by atoms with Crippen LogP contribution in [0, 0.1) is 23.7 Å². The zero-order valence-electron chi connectivity index (χ0n) is 31.9. The van der Waals surface area contributed by atoms with Crippen molar-refractivity contribution in [2.75, 3.05) is 6.61 Å². The maximum atomic E-state index is 14.5. The third-order valence-corrected chi connectivity index (χ3v) is 13.1. The number of hydrogen-bond donors (Lipinski definition) is 2. The van der Waals surface area contributed by atoms with E-state index in [0.717, 1.165) is 23.3 Å². The van der Waals surface area contributed by atoms with Crippen LogP contribution in [-0.2, 0) is 28.5 Å². The van der Waals surface area contributed by atoms with Crippen molar-refractivity contribution in [3.63, 3.8) is 0 Å². The van der Waals surface area contributed by atoms with Gasteiger partial charge in [-0.1, -0.05) is 75.7 Å². The molecule has 5 aliphatic rings. The number of ether oxygens (including phenoxy) is 5. The molecular weight excluding hydrogens is 711 g/mol. The Morgan fingerprint density at radius 3 is 2.76 bits per heavy atom. The molecule has 3 fully saturated rings. The zero-order chi connectivity index (χ0) is 38.4. The van der Waals surface area contributed by atoms with Crippen molar-refractivity contribution in [2.45, 2.75) is 128 Å². The SMILES string of the molecule is CC[C@H](C)[C@H]1O[C@]2(CC[C@@H]1C)C[C@@H]1C[C@@H](C/C=C(\C)[C@@H](O)[C@@H](C)/C=C/C=C3\CO[C@@H]4[C@H](OC(=O)c5cc(-c6cccs6)on5)C(C)=C[C@@H](C(=O)O1)[C@]34O)O2. The van der Waals surface area contributed by atoms with Crippen molar-refractivity contribution in [3.05, 3.63) is 76.4 Å². The summed E-state index contributed by atoms with van der Waals surface area (Å²) in [4.78, 5) is 28.8. The van der Waals surface area contributed by atoms with Crippen LogP contribution in [0.2, 0.25) is 0 Å². The zero-order valence-corrected chi connectivity index (χ0v) is 32.8. The lowest BCUT2D eigenvalue weighted by molar-refractivity contribution is -0.340. The smallest absolute Gasteiger partial charge is 0.361 e. The quantitative estimate of drug-likeness (QED) is 0.237. The van der Waals surface area contributed by atoms with Crippen LogP contribution in [-0.4, -0.2) is 81.9 Å². The topological polar surface area (TPSA) is 147 Å². The molecule has 0 radical (unpaired) electrons. The molecule has 0 amide bonds. The Morgan fingerprint density at radius 1 is 1.19 bits per heavy atom. The van der Waals surface area contributed by atoms with Crippen LogP contribution in [0.3, 0.4) is 0 Å². The van der Waals surface area contributed by atoms with E-state index in [-0.39, 0.29) is 30.4 Å². The van der Waals surface area contributed by atoms with Gasteiger partial charge in [-0.25, -0.2) is 4.79 Å². The van der Waals surface area contributed by atoms with Gasteiger partial charge in [0.1, 0.15) is 23.7 Å². The highest BCUT2D eigenvalue weighted by molar-refractivity contribution is 7.13. The molecule has 292 valence electrons. The number of carbonyl (C=O) groups excluding carboxylic acids is 2. The average molecular weight is 764 g/mol. The van der Waals surface area contributed by atoms with Crippen LogP contribution >= 0.6 is 11.3 Å². The highest BCUT2D eigenvalue weighted by atomic mass is 32.1. The summed E-state index contributed by atoms with van der Waals surface area (Å²) >= 11 is 1.45. The second kappa shape index (κ2) is 15.6. The summed E-state index contributed by atoms with van der Waals surface area (Å²) in [6, 6.07) is 5.25. The van der Waals surface area contributed by atoms with Crippen LogP contribution in [0.15, 0.2) is 75.2 Å². The fraction of sp³-hybridized carbons (Fsp3) is 0.595. The molecule has 1 spiro atoms. The minimum atomic E-state index is -1.91. The number of hydrogen-bond acceptors (Lipinski definition) is 12. The number of nitrogens with zero attached hydrogens (tertiary/aromatic N) is 1. The van der Waals surface area contributed by atoms with Gasteiger partial charge in [0.05, 0.1) is 29.8 Å². The van der Waals surface area contributed by atoms with E-state index in [1.54, 1.807) is 25.2 Å². The Labute approximate surface area is 321 Å². The molecule has 3 saturated heterocycles. The molecule has 11 nitrogen and oxygen atoms in total. The Balaban J connectivity index is 1.22. The molecule has 7 rings (SSSR count). The maximum Gasteiger partial charge on any atom is 0.361 e. The van der Waals surface area contributed by atoms with Crippen molar-refractivity contribution in [2.24, 2.45) is 23.7 Å². The van der Waals surface area contributed by atoms with Gasteiger partial charge in [-0.3, -0.25) is 4.79 Å². The third kappa shape index (κ3) is 7.45. The van der Waals surface area contributed by atoms with Gasteiger partial charge < -0.3 is 38.4 Å². The highest BCUT2D eigenvalue weighted by Crippen LogP contribution is 2.48. The Bertz CT molecular complexity index is 1810. The molecule has 12 heteroatoms. The number of aliphatic hydroxyl groups excluding tert-OH is 1. The molecule has 0 saturated carbocycles. The molecule has 54 heavy (non-hydrogen) atoms. The Morgan fingerprint density at radius 2 is 2.00 bits per heavy atom. The first-order chi connectivity index (χ1) is 25.8. The number of aliphatic hydroxyl groups is 2. The first kappa shape index (κ1) is 38.9. The van der Waals surface area contributed by atoms with E-state index in [1.165, 1.54) is 17.4 Å². The fourth-order valence-corrected chi connectivity index (χ4v) is 9.44. The van der Waals surface area contributed by atoms with Crippen molar-refractivity contribution >= 4 is 23.3 Å². The lowest BCUT2D eigenvalue weighted by Crippen LogP contribution is -2.59. The summed E-state index contributed by atoms with van der Waals surface area (Å²) in [6.45, 7) is 12.1. The van der Waals surface area contributed by atoms with E-state index in [1.807, 2.05) is 43.5 Å². The van der Waals surface area contributed by atoms with E-state index in [0.29, 0.717) is 54.4 Å². The van der Waals surface area contributed by atoms with Crippen LogP contribution in [0.25, 0.3) is 10.6 Å². The number of aromatic nitrogens is 1. The Hall–Kier alpha value is -3.39. The minimum Gasteiger partial charge on any atom is -0.462 e. The standard InChI is InChI=1S/C42H53NO10S/c1-7-23(2)36-26(5)15-16-41(52-36)21-30-19-29(51-41)14-13-25(4)35(44)24(3)10-8-11-28-22-48-38-37(27(6)18-31(39(45)49-30)42(28,38)47)50-40(46)32-20-33(53-43-32)34-12-9-17-54-34/h8-13,17-18,20,23-24,26,29-31,35-38,44,47H,7,14-16,19,21-22H2,1-6H3/b10-8+,25-13+,28-11+/t23-,24-,26-,29+,30-,31-,35-,36+,37+,38+,41+,42+/m0/s1. The largest absolute Gasteiger partial charge is 0.462 e. The third-order valence-electron chi connectivity index (χ3n) is 12.2. The van der Waals surface area contributed by atoms with Crippen LogP contribution in [0.1, 0.15) is 90.6 Å². The van der Waals surface area contributed by atoms with Crippen LogP contribution in [0.5, 0.6) is 0 Å². The maximum absolute atomic E-state index is 14.5. The summed E-state index contributed by atoms with van der Waals surface area (Å²) in [7, 11) is 0. The normalized spacial score (nSPS) is 40.3. The molecule has 0 unspecified atom stereocenters. The van der Waals surface area contributed by atoms with E-state index >= 15 is 0 Å². The monoisotopic (exact) mass is 763 g/mol. The lowest BCUT2D eigenvalue weighted by atomic mass is 9.70. The minimum absolute atomic E-state index is 0.00338. The van der Waals surface area contributed by atoms with E-state index < -0.39 is 53.7 Å². The molecule has 0 aromatic carbocycles. The van der Waals surface area contributed by atoms with Crippen LogP contribution < -0.4 is 0 Å². The highest BCUT2D eigenvalue weighted by Gasteiger charge is 2.61. The van der Waals surface area contributed by atoms with Gasteiger partial charge in [-0.2, -0.15) is 0 Å². The van der Waals surface area contributed by atoms with E-state index in [9.17, 15) is 19.8 Å². The van der Waals surface area contributed by atoms with Gasteiger partial charge in [-0.05, 0) is 66.7 Å². The predicted molar refractivity (Wildman–Crippen MR) is 201 cm³/mol. The van der Waals surface area contributed by atoms with Gasteiger partial charge >= 0.3 is 11.9 Å². The molecule has 2 N–H and O–H groups in total. The number of esters is 2. The van der Waals surface area contributed by atoms with Gasteiger partial charge in [0.25, 0.3) is 0 Å². The molecular formula is C42H53NO10S. The molecule has 4 aliphatic heterocycles.